The summed E-state index contributed by atoms with van der Waals surface area (Å²) in [6.45, 7) is 0. The third kappa shape index (κ3) is 2.31. The fourth-order valence-corrected chi connectivity index (χ4v) is 4.25. The molecule has 0 unspecified atom stereocenters. The van der Waals surface area contributed by atoms with Gasteiger partial charge in [0.2, 0.25) is 5.24 Å². The average Bonchev–Trinajstić information content (AvgIpc) is 2.63. The van der Waals surface area contributed by atoms with Crippen LogP contribution in [0.4, 0.5) is 0 Å². The third-order valence-electron chi connectivity index (χ3n) is 4.83. The maximum absolute atomic E-state index is 11.9. The number of hydrogen-bond acceptors (Lipinski definition) is 2. The zero-order chi connectivity index (χ0) is 13.6. The van der Waals surface area contributed by atoms with Gasteiger partial charge in [-0.15, -0.1) is 0 Å². The van der Waals surface area contributed by atoms with Gasteiger partial charge in [0.25, 0.3) is 0 Å². The van der Waals surface area contributed by atoms with E-state index in [1.165, 1.54) is 12.0 Å². The minimum atomic E-state index is -0.197. The van der Waals surface area contributed by atoms with Crippen molar-refractivity contribution in [2.45, 2.75) is 37.3 Å². The van der Waals surface area contributed by atoms with Gasteiger partial charge in [-0.25, -0.2) is 0 Å². The van der Waals surface area contributed by atoms with Crippen LogP contribution in [-0.2, 0) is 4.79 Å². The fraction of sp³-hybridized carbons (Fsp3) is 0.533. The molecule has 2 aliphatic rings. The lowest BCUT2D eigenvalue weighted by Crippen LogP contribution is -2.47. The molecule has 2 heterocycles. The highest BCUT2D eigenvalue weighted by Crippen LogP contribution is 2.47. The van der Waals surface area contributed by atoms with E-state index >= 15 is 0 Å². The highest BCUT2D eigenvalue weighted by molar-refractivity contribution is 6.64. The van der Waals surface area contributed by atoms with E-state index in [4.69, 9.17) is 23.2 Å². The Hall–Kier alpha value is -0.570. The van der Waals surface area contributed by atoms with Crippen molar-refractivity contribution in [3.05, 3.63) is 34.9 Å². The van der Waals surface area contributed by atoms with Gasteiger partial charge in [-0.3, -0.25) is 9.69 Å². The molecular formula is C15H17Cl2NO. The lowest BCUT2D eigenvalue weighted by molar-refractivity contribution is -0.119. The van der Waals surface area contributed by atoms with Crippen LogP contribution in [0.3, 0.4) is 0 Å². The highest BCUT2D eigenvalue weighted by Gasteiger charge is 2.48. The van der Waals surface area contributed by atoms with Gasteiger partial charge in [0.05, 0.1) is 5.92 Å². The highest BCUT2D eigenvalue weighted by atomic mass is 35.5. The molecule has 2 fully saturated rings. The first-order valence-electron chi connectivity index (χ1n) is 6.74. The summed E-state index contributed by atoms with van der Waals surface area (Å²) in [4.78, 5) is 14.2. The number of halogens is 2. The number of fused-ring (bicyclic) bond motifs is 2. The Kier molecular flexibility index (Phi) is 3.59. The molecule has 0 saturated carbocycles. The molecule has 1 aromatic carbocycles. The normalized spacial score (nSPS) is 34.5. The van der Waals surface area contributed by atoms with Crippen LogP contribution in [0.15, 0.2) is 24.3 Å². The molecule has 0 N–H and O–H groups in total. The maximum Gasteiger partial charge on any atom is 0.226 e. The van der Waals surface area contributed by atoms with Crippen LogP contribution in [0.25, 0.3) is 0 Å². The molecule has 1 aromatic rings. The Morgan fingerprint density at radius 2 is 1.95 bits per heavy atom. The molecule has 0 amide bonds. The largest absolute Gasteiger partial charge is 0.300 e. The number of rotatable bonds is 2. The van der Waals surface area contributed by atoms with Gasteiger partial charge in [-0.2, -0.15) is 0 Å². The number of carbonyl (C=O) groups excluding carboxylic acids is 1. The molecule has 3 rings (SSSR count). The molecular weight excluding hydrogens is 281 g/mol. The Balaban J connectivity index is 1.95. The Morgan fingerprint density at radius 3 is 2.58 bits per heavy atom. The van der Waals surface area contributed by atoms with Gasteiger partial charge in [0.1, 0.15) is 0 Å². The summed E-state index contributed by atoms with van der Waals surface area (Å²) in [5.41, 5.74) is 1.19. The Labute approximate surface area is 123 Å². The van der Waals surface area contributed by atoms with Crippen LogP contribution in [0.1, 0.15) is 30.7 Å². The second-order valence-corrected chi connectivity index (χ2v) is 6.50. The number of hydrogen-bond donors (Lipinski definition) is 0. The molecule has 0 radical (unpaired) electrons. The van der Waals surface area contributed by atoms with Crippen LogP contribution >= 0.6 is 23.2 Å². The van der Waals surface area contributed by atoms with E-state index in [0.29, 0.717) is 12.1 Å². The van der Waals surface area contributed by atoms with Gasteiger partial charge >= 0.3 is 0 Å². The summed E-state index contributed by atoms with van der Waals surface area (Å²) in [6.07, 6.45) is 3.26. The van der Waals surface area contributed by atoms with E-state index in [1.807, 2.05) is 24.3 Å². The smallest absolute Gasteiger partial charge is 0.226 e. The van der Waals surface area contributed by atoms with Crippen LogP contribution in [0.5, 0.6) is 0 Å². The summed E-state index contributed by atoms with van der Waals surface area (Å²) >= 11 is 11.8. The van der Waals surface area contributed by atoms with Crippen molar-refractivity contribution >= 4 is 28.4 Å². The van der Waals surface area contributed by atoms with Gasteiger partial charge in [-0.1, -0.05) is 23.7 Å². The molecule has 2 nitrogen and oxygen atoms in total. The van der Waals surface area contributed by atoms with Crippen molar-refractivity contribution in [3.63, 3.8) is 0 Å². The molecule has 0 spiro atoms. The van der Waals surface area contributed by atoms with E-state index < -0.39 is 0 Å². The van der Waals surface area contributed by atoms with Gasteiger partial charge in [0.15, 0.2) is 0 Å². The number of benzene rings is 1. The van der Waals surface area contributed by atoms with Crippen molar-refractivity contribution in [2.24, 2.45) is 5.92 Å². The summed E-state index contributed by atoms with van der Waals surface area (Å²) in [5.74, 6) is 0.141. The maximum atomic E-state index is 11.9. The molecule has 19 heavy (non-hydrogen) atoms. The lowest BCUT2D eigenvalue weighted by Gasteiger charge is -2.41. The molecule has 2 aliphatic heterocycles. The minimum absolute atomic E-state index is 0.0911. The molecule has 102 valence electrons. The number of carbonyl (C=O) groups is 1. The first-order chi connectivity index (χ1) is 9.08. The first-order valence-corrected chi connectivity index (χ1v) is 7.50. The Bertz CT molecular complexity index is 487. The van der Waals surface area contributed by atoms with Crippen molar-refractivity contribution in [2.75, 3.05) is 7.05 Å². The van der Waals surface area contributed by atoms with E-state index in [-0.39, 0.29) is 17.1 Å². The van der Waals surface area contributed by atoms with Crippen molar-refractivity contribution in [3.8, 4) is 0 Å². The number of nitrogens with zero attached hydrogens (tertiary/aromatic N) is 1. The zero-order valence-corrected chi connectivity index (χ0v) is 12.4. The predicted octanol–water partition coefficient (Wildman–Crippen LogP) is 3.67. The fourth-order valence-electron chi connectivity index (χ4n) is 3.83. The van der Waals surface area contributed by atoms with Crippen molar-refractivity contribution < 1.29 is 4.79 Å². The average molecular weight is 298 g/mol. The van der Waals surface area contributed by atoms with Gasteiger partial charge < -0.3 is 0 Å². The molecule has 0 aromatic heterocycles. The zero-order valence-electron chi connectivity index (χ0n) is 10.9. The molecule has 2 bridgehead atoms. The second-order valence-electron chi connectivity index (χ2n) is 5.69. The van der Waals surface area contributed by atoms with E-state index in [2.05, 4.69) is 11.9 Å². The first kappa shape index (κ1) is 13.4. The topological polar surface area (TPSA) is 20.3 Å². The molecule has 2 saturated heterocycles. The number of piperidine rings is 1. The van der Waals surface area contributed by atoms with E-state index in [1.54, 1.807) is 0 Å². The van der Waals surface area contributed by atoms with Crippen LogP contribution in [0.2, 0.25) is 5.02 Å². The van der Waals surface area contributed by atoms with Gasteiger partial charge in [-0.05, 0) is 61.5 Å². The summed E-state index contributed by atoms with van der Waals surface area (Å²) in [7, 11) is 2.12. The van der Waals surface area contributed by atoms with Crippen LogP contribution in [0, 0.1) is 5.92 Å². The SMILES string of the molecule is CN1[C@H]2CC[C@@H]1[C@@H](C(=O)Cl)[C@@H](c1ccc(Cl)cc1)C2. The quantitative estimate of drug-likeness (QED) is 0.776. The van der Waals surface area contributed by atoms with Gasteiger partial charge in [0, 0.05) is 17.1 Å². The summed E-state index contributed by atoms with van der Waals surface area (Å²) in [5, 5.41) is 0.533. The summed E-state index contributed by atoms with van der Waals surface area (Å²) < 4.78 is 0. The Morgan fingerprint density at radius 1 is 1.26 bits per heavy atom. The van der Waals surface area contributed by atoms with Crippen LogP contribution < -0.4 is 0 Å². The molecule has 4 heteroatoms. The molecule has 4 atom stereocenters. The monoisotopic (exact) mass is 297 g/mol. The molecule has 0 aliphatic carbocycles. The van der Waals surface area contributed by atoms with Crippen LogP contribution in [-0.4, -0.2) is 29.3 Å². The predicted molar refractivity (Wildman–Crippen MR) is 77.7 cm³/mol. The van der Waals surface area contributed by atoms with E-state index in [9.17, 15) is 4.79 Å². The summed E-state index contributed by atoms with van der Waals surface area (Å²) in [6, 6.07) is 8.73. The second kappa shape index (κ2) is 5.08. The van der Waals surface area contributed by atoms with Crippen molar-refractivity contribution in [1.82, 2.24) is 4.90 Å². The lowest BCUT2D eigenvalue weighted by atomic mass is 9.77. The van der Waals surface area contributed by atoms with E-state index in [0.717, 1.165) is 17.9 Å². The van der Waals surface area contributed by atoms with Crippen molar-refractivity contribution in [1.29, 1.82) is 0 Å². The minimum Gasteiger partial charge on any atom is -0.300 e. The third-order valence-corrected chi connectivity index (χ3v) is 5.33. The standard InChI is InChI=1S/C15H17Cl2NO/c1-18-11-6-7-13(18)14(15(17)19)12(8-11)9-2-4-10(16)5-3-9/h2-5,11-14H,6-8H2,1H3/t11-,12+,13+,14-/m0/s1.